The molecule has 1 amide bonds. The Hall–Kier alpha value is -2.37. The molecule has 0 radical (unpaired) electrons. The van der Waals surface area contributed by atoms with Crippen molar-refractivity contribution in [3.8, 4) is 0 Å². The van der Waals surface area contributed by atoms with E-state index in [1.54, 1.807) is 6.07 Å². The summed E-state index contributed by atoms with van der Waals surface area (Å²) in [6.07, 6.45) is 2.13. The smallest absolute Gasteiger partial charge is 0.228 e. The van der Waals surface area contributed by atoms with Crippen molar-refractivity contribution in [2.45, 2.75) is 12.8 Å². The second-order valence-electron chi connectivity index (χ2n) is 3.81. The van der Waals surface area contributed by atoms with Crippen LogP contribution in [0.15, 0.2) is 35.1 Å². The van der Waals surface area contributed by atoms with Crippen LogP contribution < -0.4 is 11.1 Å². The number of hydrogen-bond acceptors (Lipinski definition) is 5. The summed E-state index contributed by atoms with van der Waals surface area (Å²) in [6, 6.07) is 7.32. The number of nitrogens with two attached hydrogens (primary N) is 1. The molecule has 0 aliphatic rings. The minimum atomic E-state index is -0.0765. The van der Waals surface area contributed by atoms with Crippen molar-refractivity contribution < 1.29 is 9.32 Å². The number of carbonyl (C=O) groups excluding carboxylic acids is 1. The van der Waals surface area contributed by atoms with Gasteiger partial charge in [0.2, 0.25) is 11.8 Å². The molecule has 1 heterocycles. The van der Waals surface area contributed by atoms with Crippen LogP contribution in [0.5, 0.6) is 0 Å². The number of aromatic nitrogens is 2. The minimum Gasteiger partial charge on any atom is -0.398 e. The van der Waals surface area contributed by atoms with Gasteiger partial charge in [-0.3, -0.25) is 4.79 Å². The Morgan fingerprint density at radius 2 is 2.22 bits per heavy atom. The summed E-state index contributed by atoms with van der Waals surface area (Å²) < 4.78 is 4.82. The van der Waals surface area contributed by atoms with Gasteiger partial charge in [0.25, 0.3) is 0 Å². The molecule has 0 atom stereocenters. The minimum absolute atomic E-state index is 0.0765. The first-order valence-electron chi connectivity index (χ1n) is 5.61. The first kappa shape index (κ1) is 12.1. The van der Waals surface area contributed by atoms with Crippen molar-refractivity contribution in [1.82, 2.24) is 15.5 Å². The summed E-state index contributed by atoms with van der Waals surface area (Å²) >= 11 is 0. The molecule has 3 N–H and O–H groups in total. The number of benzene rings is 1. The second-order valence-corrected chi connectivity index (χ2v) is 3.81. The van der Waals surface area contributed by atoms with Crippen molar-refractivity contribution in [1.29, 1.82) is 0 Å². The van der Waals surface area contributed by atoms with Gasteiger partial charge in [-0.25, -0.2) is 0 Å². The highest BCUT2D eigenvalue weighted by Crippen LogP contribution is 2.10. The molecule has 0 saturated carbocycles. The second kappa shape index (κ2) is 5.81. The quantitative estimate of drug-likeness (QED) is 0.751. The SMILES string of the molecule is Nc1ccccc1CC(=O)NCCc1ncno1. The molecule has 2 rings (SSSR count). The van der Waals surface area contributed by atoms with Crippen LogP contribution in [0.4, 0.5) is 5.69 Å². The van der Waals surface area contributed by atoms with E-state index in [-0.39, 0.29) is 12.3 Å². The third kappa shape index (κ3) is 3.31. The number of anilines is 1. The standard InChI is InChI=1S/C12H14N4O2/c13-10-4-2-1-3-9(10)7-11(17)14-6-5-12-15-8-16-18-12/h1-4,8H,5-7,13H2,(H,14,17). The molecule has 18 heavy (non-hydrogen) atoms. The predicted octanol–water partition coefficient (Wildman–Crippen LogP) is 0.553. The highest BCUT2D eigenvalue weighted by molar-refractivity contribution is 5.80. The topological polar surface area (TPSA) is 94.0 Å². The van der Waals surface area contributed by atoms with E-state index >= 15 is 0 Å². The fourth-order valence-electron chi connectivity index (χ4n) is 1.55. The largest absolute Gasteiger partial charge is 0.398 e. The molecule has 2 aromatic rings. The fraction of sp³-hybridized carbons (Fsp3) is 0.250. The Labute approximate surface area is 104 Å². The molecule has 0 fully saturated rings. The summed E-state index contributed by atoms with van der Waals surface area (Å²) in [6.45, 7) is 0.466. The van der Waals surface area contributed by atoms with Crippen LogP contribution in [0.25, 0.3) is 0 Å². The van der Waals surface area contributed by atoms with Crippen LogP contribution in [-0.4, -0.2) is 22.6 Å². The molecule has 1 aromatic carbocycles. The number of nitrogen functional groups attached to an aromatic ring is 1. The van der Waals surface area contributed by atoms with Crippen molar-refractivity contribution >= 4 is 11.6 Å². The number of amides is 1. The van der Waals surface area contributed by atoms with E-state index < -0.39 is 0 Å². The van der Waals surface area contributed by atoms with Crippen molar-refractivity contribution in [3.05, 3.63) is 42.0 Å². The van der Waals surface area contributed by atoms with E-state index in [1.165, 1.54) is 6.33 Å². The number of nitrogens with one attached hydrogen (secondary N) is 1. The summed E-state index contributed by atoms with van der Waals surface area (Å²) in [5.74, 6) is 0.432. The van der Waals surface area contributed by atoms with Gasteiger partial charge >= 0.3 is 0 Å². The van der Waals surface area contributed by atoms with Gasteiger partial charge in [0.1, 0.15) is 0 Å². The lowest BCUT2D eigenvalue weighted by molar-refractivity contribution is -0.120. The molecule has 0 aliphatic carbocycles. The number of carbonyl (C=O) groups is 1. The summed E-state index contributed by atoms with van der Waals surface area (Å²) in [5, 5.41) is 6.26. The van der Waals surface area contributed by atoms with Crippen LogP contribution in [0.3, 0.4) is 0 Å². The van der Waals surface area contributed by atoms with Crippen LogP contribution in [0, 0.1) is 0 Å². The fourth-order valence-corrected chi connectivity index (χ4v) is 1.55. The zero-order valence-corrected chi connectivity index (χ0v) is 9.80. The van der Waals surface area contributed by atoms with Gasteiger partial charge in [0.15, 0.2) is 6.33 Å². The van der Waals surface area contributed by atoms with Gasteiger partial charge in [-0.15, -0.1) is 0 Å². The zero-order valence-electron chi connectivity index (χ0n) is 9.80. The van der Waals surface area contributed by atoms with E-state index in [2.05, 4.69) is 15.5 Å². The van der Waals surface area contributed by atoms with Gasteiger partial charge in [-0.2, -0.15) is 4.98 Å². The molecule has 0 saturated heterocycles. The van der Waals surface area contributed by atoms with E-state index in [1.807, 2.05) is 18.2 Å². The van der Waals surface area contributed by atoms with Crippen LogP contribution in [0.1, 0.15) is 11.5 Å². The lowest BCUT2D eigenvalue weighted by atomic mass is 10.1. The maximum atomic E-state index is 11.7. The molecule has 6 heteroatoms. The summed E-state index contributed by atoms with van der Waals surface area (Å²) in [7, 11) is 0. The Bertz CT molecular complexity index is 511. The molecular formula is C12H14N4O2. The van der Waals surface area contributed by atoms with E-state index in [0.29, 0.717) is 24.5 Å². The molecule has 0 spiro atoms. The van der Waals surface area contributed by atoms with Gasteiger partial charge < -0.3 is 15.6 Å². The van der Waals surface area contributed by atoms with Gasteiger partial charge in [-0.1, -0.05) is 23.4 Å². The Morgan fingerprint density at radius 1 is 1.39 bits per heavy atom. The summed E-state index contributed by atoms with van der Waals surface area (Å²) in [5.41, 5.74) is 7.22. The normalized spacial score (nSPS) is 10.2. The van der Waals surface area contributed by atoms with Crippen LogP contribution in [-0.2, 0) is 17.6 Å². The number of nitrogens with zero attached hydrogens (tertiary/aromatic N) is 2. The van der Waals surface area contributed by atoms with Crippen molar-refractivity contribution in [2.24, 2.45) is 0 Å². The van der Waals surface area contributed by atoms with Crippen LogP contribution in [0.2, 0.25) is 0 Å². The number of hydrogen-bond donors (Lipinski definition) is 2. The molecule has 0 unspecified atom stereocenters. The Balaban J connectivity index is 1.77. The third-order valence-electron chi connectivity index (χ3n) is 2.47. The predicted molar refractivity (Wildman–Crippen MR) is 65.6 cm³/mol. The first-order chi connectivity index (χ1) is 8.75. The molecular weight excluding hydrogens is 232 g/mol. The summed E-state index contributed by atoms with van der Waals surface area (Å²) in [4.78, 5) is 15.5. The van der Waals surface area contributed by atoms with E-state index in [4.69, 9.17) is 10.3 Å². The maximum Gasteiger partial charge on any atom is 0.228 e. The first-order valence-corrected chi connectivity index (χ1v) is 5.61. The van der Waals surface area contributed by atoms with E-state index in [0.717, 1.165) is 5.56 Å². The molecule has 94 valence electrons. The highest BCUT2D eigenvalue weighted by atomic mass is 16.5. The lowest BCUT2D eigenvalue weighted by Crippen LogP contribution is -2.27. The van der Waals surface area contributed by atoms with Crippen LogP contribution >= 0.6 is 0 Å². The molecule has 0 aliphatic heterocycles. The van der Waals surface area contributed by atoms with E-state index in [9.17, 15) is 4.79 Å². The monoisotopic (exact) mass is 246 g/mol. The van der Waals surface area contributed by atoms with Gasteiger partial charge in [0.05, 0.1) is 6.42 Å². The Kier molecular flexibility index (Phi) is 3.90. The highest BCUT2D eigenvalue weighted by Gasteiger charge is 2.06. The maximum absolute atomic E-state index is 11.7. The average molecular weight is 246 g/mol. The molecule has 0 bridgehead atoms. The lowest BCUT2D eigenvalue weighted by Gasteiger charge is -2.05. The average Bonchev–Trinajstić information content (AvgIpc) is 2.85. The third-order valence-corrected chi connectivity index (χ3v) is 2.47. The van der Waals surface area contributed by atoms with Gasteiger partial charge in [0, 0.05) is 18.7 Å². The zero-order chi connectivity index (χ0) is 12.8. The number of para-hydroxylation sites is 1. The van der Waals surface area contributed by atoms with Gasteiger partial charge in [-0.05, 0) is 11.6 Å². The molecule has 6 nitrogen and oxygen atoms in total. The Morgan fingerprint density at radius 3 is 2.94 bits per heavy atom. The van der Waals surface area contributed by atoms with Crippen molar-refractivity contribution in [3.63, 3.8) is 0 Å². The molecule has 1 aromatic heterocycles. The van der Waals surface area contributed by atoms with Crippen molar-refractivity contribution in [2.75, 3.05) is 12.3 Å². The number of rotatable bonds is 5.